The molecule has 0 bridgehead atoms. The van der Waals surface area contributed by atoms with E-state index in [1.807, 2.05) is 13.0 Å². The summed E-state index contributed by atoms with van der Waals surface area (Å²) in [6, 6.07) is 7.91. The van der Waals surface area contributed by atoms with Gasteiger partial charge in [-0.25, -0.2) is 8.42 Å². The number of aromatic nitrogens is 1. The average Bonchev–Trinajstić information content (AvgIpc) is 3.20. The van der Waals surface area contributed by atoms with E-state index in [9.17, 15) is 13.2 Å². The number of carbonyl (C=O) groups excluding carboxylic acids is 1. The van der Waals surface area contributed by atoms with Gasteiger partial charge in [-0.05, 0) is 31.2 Å². The predicted molar refractivity (Wildman–Crippen MR) is 94.7 cm³/mol. The number of rotatable bonds is 5. The van der Waals surface area contributed by atoms with Gasteiger partial charge in [-0.1, -0.05) is 5.16 Å². The summed E-state index contributed by atoms with van der Waals surface area (Å²) in [4.78, 5) is 14.7. The lowest BCUT2D eigenvalue weighted by Gasteiger charge is -2.16. The van der Waals surface area contributed by atoms with Crippen molar-refractivity contribution in [3.63, 3.8) is 0 Å². The highest BCUT2D eigenvalue weighted by atomic mass is 32.2. The Kier molecular flexibility index (Phi) is 5.15. The Bertz CT molecular complexity index is 889. The maximum Gasteiger partial charge on any atom is 0.253 e. The van der Waals surface area contributed by atoms with E-state index in [-0.39, 0.29) is 22.8 Å². The summed E-state index contributed by atoms with van der Waals surface area (Å²) >= 11 is 0. The fraction of sp³-hybridized carbons (Fsp3) is 0.444. The Morgan fingerprint density at radius 2 is 2.00 bits per heavy atom. The maximum absolute atomic E-state index is 12.8. The molecule has 26 heavy (non-hydrogen) atoms. The van der Waals surface area contributed by atoms with Gasteiger partial charge in [0.25, 0.3) is 5.91 Å². The van der Waals surface area contributed by atoms with Crippen LogP contribution in [-0.4, -0.2) is 56.9 Å². The summed E-state index contributed by atoms with van der Waals surface area (Å²) in [5.41, 5.74) is 1.29. The number of amides is 1. The molecule has 8 heteroatoms. The molecule has 0 saturated carbocycles. The van der Waals surface area contributed by atoms with Gasteiger partial charge in [-0.2, -0.15) is 0 Å². The molecule has 0 aliphatic carbocycles. The van der Waals surface area contributed by atoms with Crippen molar-refractivity contribution >= 4 is 15.7 Å². The van der Waals surface area contributed by atoms with E-state index in [1.165, 1.54) is 12.1 Å². The van der Waals surface area contributed by atoms with Gasteiger partial charge >= 0.3 is 0 Å². The number of ether oxygens (including phenoxy) is 1. The van der Waals surface area contributed by atoms with Gasteiger partial charge < -0.3 is 14.2 Å². The number of methoxy groups -OCH3 is 1. The Hall–Kier alpha value is -2.19. The van der Waals surface area contributed by atoms with Crippen LogP contribution >= 0.6 is 0 Å². The molecular weight excluding hydrogens is 356 g/mol. The molecule has 1 aromatic heterocycles. The molecule has 2 heterocycles. The van der Waals surface area contributed by atoms with Crippen LogP contribution in [0.25, 0.3) is 0 Å². The van der Waals surface area contributed by atoms with Crippen LogP contribution in [0.15, 0.2) is 39.8 Å². The largest absolute Gasteiger partial charge is 0.379 e. The molecule has 3 rings (SSSR count). The molecule has 2 aromatic rings. The minimum Gasteiger partial charge on any atom is -0.379 e. The molecule has 140 valence electrons. The predicted octanol–water partition coefficient (Wildman–Crippen LogP) is 1.72. The van der Waals surface area contributed by atoms with Crippen molar-refractivity contribution in [2.24, 2.45) is 5.92 Å². The molecule has 7 nitrogen and oxygen atoms in total. The van der Waals surface area contributed by atoms with Gasteiger partial charge in [0, 0.05) is 50.4 Å². The van der Waals surface area contributed by atoms with Gasteiger partial charge in [0.05, 0.1) is 16.7 Å². The first-order valence-corrected chi connectivity index (χ1v) is 10.2. The fourth-order valence-electron chi connectivity index (χ4n) is 3.27. The number of hydrogen-bond acceptors (Lipinski definition) is 6. The molecule has 0 unspecified atom stereocenters. The highest BCUT2D eigenvalue weighted by Crippen LogP contribution is 2.25. The third kappa shape index (κ3) is 3.96. The Labute approximate surface area is 152 Å². The summed E-state index contributed by atoms with van der Waals surface area (Å²) < 4.78 is 33.9. The average molecular weight is 378 g/mol. The molecule has 0 radical (unpaired) electrons. The van der Waals surface area contributed by atoms with Crippen LogP contribution in [0.4, 0.5) is 0 Å². The van der Waals surface area contributed by atoms with Gasteiger partial charge in [0.1, 0.15) is 5.76 Å². The smallest absolute Gasteiger partial charge is 0.253 e. The van der Waals surface area contributed by atoms with E-state index in [1.54, 1.807) is 24.1 Å². The first-order valence-electron chi connectivity index (χ1n) is 8.32. The zero-order valence-electron chi connectivity index (χ0n) is 15.0. The lowest BCUT2D eigenvalue weighted by Crippen LogP contribution is -2.29. The van der Waals surface area contributed by atoms with Crippen LogP contribution in [0, 0.1) is 12.8 Å². The fourth-order valence-corrected chi connectivity index (χ4v) is 3.90. The first-order chi connectivity index (χ1) is 12.3. The van der Waals surface area contributed by atoms with Crippen molar-refractivity contribution in [2.75, 3.05) is 26.5 Å². The minimum absolute atomic E-state index is 0.0837. The number of likely N-dealkylation sites (tertiary alicyclic amines) is 1. The summed E-state index contributed by atoms with van der Waals surface area (Å²) in [6.07, 6.45) is 1.71. The van der Waals surface area contributed by atoms with Crippen LogP contribution in [0.1, 0.15) is 21.8 Å². The third-order valence-corrected chi connectivity index (χ3v) is 5.77. The topological polar surface area (TPSA) is 89.7 Å². The second-order valence-electron chi connectivity index (χ2n) is 6.68. The van der Waals surface area contributed by atoms with Crippen LogP contribution in [0.3, 0.4) is 0 Å². The number of nitrogens with zero attached hydrogens (tertiary/aromatic N) is 2. The molecule has 1 amide bonds. The Balaban J connectivity index is 1.72. The highest BCUT2D eigenvalue weighted by Gasteiger charge is 2.36. The van der Waals surface area contributed by atoms with Crippen LogP contribution in [-0.2, 0) is 21.0 Å². The first kappa shape index (κ1) is 18.6. The molecule has 1 aliphatic heterocycles. The molecule has 1 fully saturated rings. The van der Waals surface area contributed by atoms with Gasteiger partial charge in [-0.15, -0.1) is 0 Å². The summed E-state index contributed by atoms with van der Waals surface area (Å²) in [5.74, 6) is 0.760. The molecule has 2 atom stereocenters. The van der Waals surface area contributed by atoms with Crippen LogP contribution < -0.4 is 0 Å². The Morgan fingerprint density at radius 1 is 1.31 bits per heavy atom. The van der Waals surface area contributed by atoms with Gasteiger partial charge in [0.15, 0.2) is 9.84 Å². The van der Waals surface area contributed by atoms with Crippen LogP contribution in [0.5, 0.6) is 0 Å². The summed E-state index contributed by atoms with van der Waals surface area (Å²) in [6.45, 7) is 2.90. The quantitative estimate of drug-likeness (QED) is 0.787. The molecule has 1 aromatic carbocycles. The summed E-state index contributed by atoms with van der Waals surface area (Å²) in [5, 5.41) is 3.89. The molecule has 0 N–H and O–H groups in total. The Morgan fingerprint density at radius 3 is 2.54 bits per heavy atom. The zero-order valence-corrected chi connectivity index (χ0v) is 15.8. The standard InChI is InChI=1S/C18H22N2O5S/c1-12-8-15(25-19-12)9-14-10-20(11-17(14)24-2)18(21)13-4-6-16(7-5-13)26(3,22)23/h4-8,14,17H,9-11H2,1-3H3/t14-,17+/m1/s1. The van der Waals surface area contributed by atoms with E-state index in [0.717, 1.165) is 17.7 Å². The van der Waals surface area contributed by atoms with Gasteiger partial charge in [-0.3, -0.25) is 4.79 Å². The molecular formula is C18H22N2O5S. The monoisotopic (exact) mass is 378 g/mol. The van der Waals surface area contributed by atoms with Crippen molar-refractivity contribution < 1.29 is 22.5 Å². The number of sulfone groups is 1. The van der Waals surface area contributed by atoms with E-state index in [4.69, 9.17) is 9.26 Å². The number of aryl methyl sites for hydroxylation is 1. The second kappa shape index (κ2) is 7.20. The minimum atomic E-state index is -3.28. The summed E-state index contributed by atoms with van der Waals surface area (Å²) in [7, 11) is -1.64. The number of carbonyl (C=O) groups is 1. The van der Waals surface area contributed by atoms with Crippen LogP contribution in [0.2, 0.25) is 0 Å². The van der Waals surface area contributed by atoms with Crippen molar-refractivity contribution in [1.29, 1.82) is 0 Å². The van der Waals surface area contributed by atoms with Gasteiger partial charge in [0.2, 0.25) is 0 Å². The molecule has 1 aliphatic rings. The van der Waals surface area contributed by atoms with Crippen molar-refractivity contribution in [3.8, 4) is 0 Å². The lowest BCUT2D eigenvalue weighted by molar-refractivity contribution is 0.0672. The van der Waals surface area contributed by atoms with E-state index in [2.05, 4.69) is 5.16 Å². The molecule has 0 spiro atoms. The maximum atomic E-state index is 12.8. The highest BCUT2D eigenvalue weighted by molar-refractivity contribution is 7.90. The third-order valence-electron chi connectivity index (χ3n) is 4.64. The normalized spacial score (nSPS) is 20.5. The SMILES string of the molecule is CO[C@H]1CN(C(=O)c2ccc(S(C)(=O)=O)cc2)C[C@H]1Cc1cc(C)no1. The zero-order chi connectivity index (χ0) is 18.9. The van der Waals surface area contributed by atoms with Crippen molar-refractivity contribution in [3.05, 3.63) is 47.3 Å². The molecule has 1 saturated heterocycles. The second-order valence-corrected chi connectivity index (χ2v) is 8.70. The van der Waals surface area contributed by atoms with E-state index >= 15 is 0 Å². The van der Waals surface area contributed by atoms with E-state index in [0.29, 0.717) is 25.1 Å². The number of hydrogen-bond donors (Lipinski definition) is 0. The lowest BCUT2D eigenvalue weighted by atomic mass is 10.0. The number of benzene rings is 1. The van der Waals surface area contributed by atoms with Crippen molar-refractivity contribution in [1.82, 2.24) is 10.1 Å². The van der Waals surface area contributed by atoms with E-state index < -0.39 is 9.84 Å². The van der Waals surface area contributed by atoms with Crippen molar-refractivity contribution in [2.45, 2.75) is 24.3 Å².